The van der Waals surface area contributed by atoms with E-state index in [1.165, 1.54) is 5.56 Å². The lowest BCUT2D eigenvalue weighted by molar-refractivity contribution is -0.122. The van der Waals surface area contributed by atoms with Crippen LogP contribution >= 0.6 is 35.0 Å². The van der Waals surface area contributed by atoms with E-state index in [1.807, 2.05) is 73.0 Å². The average Bonchev–Trinajstić information content (AvgIpc) is 3.27. The normalized spacial score (nSPS) is 12.0. The Morgan fingerprint density at radius 3 is 2.25 bits per heavy atom. The van der Waals surface area contributed by atoms with Crippen LogP contribution in [0.3, 0.4) is 0 Å². The second kappa shape index (κ2) is 12.4. The summed E-state index contributed by atoms with van der Waals surface area (Å²) in [5.41, 5.74) is 2.97. The van der Waals surface area contributed by atoms with Gasteiger partial charge in [-0.15, -0.1) is 10.2 Å². The van der Waals surface area contributed by atoms with Gasteiger partial charge in [0.05, 0.1) is 16.8 Å². The monoisotopic (exact) mass is 538 g/mol. The minimum absolute atomic E-state index is 0.0267. The van der Waals surface area contributed by atoms with Gasteiger partial charge in [-0.1, -0.05) is 109 Å². The van der Waals surface area contributed by atoms with E-state index >= 15 is 0 Å². The van der Waals surface area contributed by atoms with E-state index in [2.05, 4.69) is 27.6 Å². The van der Waals surface area contributed by atoms with Gasteiger partial charge in [-0.25, -0.2) is 0 Å². The molecule has 4 rings (SSSR count). The Balaban J connectivity index is 1.76. The van der Waals surface area contributed by atoms with Crippen LogP contribution in [0.2, 0.25) is 10.0 Å². The van der Waals surface area contributed by atoms with Crippen LogP contribution in [-0.4, -0.2) is 20.7 Å². The van der Waals surface area contributed by atoms with Gasteiger partial charge >= 0.3 is 0 Å². The Hall–Kier alpha value is -2.80. The number of halogens is 2. The minimum atomic E-state index is -0.399. The predicted octanol–water partition coefficient (Wildman–Crippen LogP) is 7.31. The van der Waals surface area contributed by atoms with Crippen molar-refractivity contribution >= 4 is 40.9 Å². The number of aromatic nitrogens is 3. The van der Waals surface area contributed by atoms with Crippen molar-refractivity contribution in [2.45, 2.75) is 43.6 Å². The molecule has 186 valence electrons. The van der Waals surface area contributed by atoms with Crippen LogP contribution < -0.4 is 5.32 Å². The molecule has 5 nitrogen and oxygen atoms in total. The third kappa shape index (κ3) is 6.90. The number of rotatable bonds is 10. The fourth-order valence-electron chi connectivity index (χ4n) is 3.89. The largest absolute Gasteiger partial charge is 0.346 e. The fraction of sp³-hybridized carbons (Fsp3) is 0.250. The second-order valence-corrected chi connectivity index (χ2v) is 10.7. The van der Waals surface area contributed by atoms with E-state index in [1.54, 1.807) is 23.9 Å². The highest BCUT2D eigenvalue weighted by Gasteiger charge is 2.26. The van der Waals surface area contributed by atoms with E-state index < -0.39 is 6.04 Å². The van der Waals surface area contributed by atoms with Gasteiger partial charge in [0.15, 0.2) is 11.0 Å². The predicted molar refractivity (Wildman–Crippen MR) is 148 cm³/mol. The molecule has 4 aromatic rings. The summed E-state index contributed by atoms with van der Waals surface area (Å²) in [5.74, 6) is 1.55. The molecule has 1 unspecified atom stereocenters. The molecule has 1 amide bonds. The maximum absolute atomic E-state index is 12.9. The molecule has 0 fully saturated rings. The van der Waals surface area contributed by atoms with E-state index in [4.69, 9.17) is 23.2 Å². The zero-order valence-corrected chi connectivity index (χ0v) is 22.5. The van der Waals surface area contributed by atoms with Crippen molar-refractivity contribution in [3.63, 3.8) is 0 Å². The minimum Gasteiger partial charge on any atom is -0.346 e. The first-order chi connectivity index (χ1) is 17.4. The van der Waals surface area contributed by atoms with E-state index in [-0.39, 0.29) is 11.8 Å². The lowest BCUT2D eigenvalue weighted by Crippen LogP contribution is -2.32. The van der Waals surface area contributed by atoms with Crippen molar-refractivity contribution < 1.29 is 4.79 Å². The van der Waals surface area contributed by atoms with Crippen LogP contribution in [-0.2, 0) is 17.0 Å². The SMILES string of the molecule is CC(C)CC(=O)NC(Cc1ccccc1)c1nnc(SCc2ccccc2)n1-c1ccc(Cl)cc1Cl. The number of hydrogen-bond acceptors (Lipinski definition) is 4. The Bertz CT molecular complexity index is 1300. The number of amides is 1. The number of thioether (sulfide) groups is 1. The van der Waals surface area contributed by atoms with Gasteiger partial charge in [-0.3, -0.25) is 9.36 Å². The summed E-state index contributed by atoms with van der Waals surface area (Å²) in [7, 11) is 0. The smallest absolute Gasteiger partial charge is 0.220 e. The van der Waals surface area contributed by atoms with Crippen LogP contribution in [0.1, 0.15) is 43.3 Å². The molecule has 0 aliphatic rings. The molecule has 0 saturated heterocycles. The lowest BCUT2D eigenvalue weighted by atomic mass is 10.0. The molecule has 0 bridgehead atoms. The number of carbonyl (C=O) groups is 1. The molecular weight excluding hydrogens is 511 g/mol. The zero-order valence-electron chi connectivity index (χ0n) is 20.2. The maximum Gasteiger partial charge on any atom is 0.220 e. The van der Waals surface area contributed by atoms with Gasteiger partial charge in [0.1, 0.15) is 0 Å². The van der Waals surface area contributed by atoms with Gasteiger partial charge in [0, 0.05) is 17.2 Å². The van der Waals surface area contributed by atoms with Crippen molar-refractivity contribution in [1.29, 1.82) is 0 Å². The molecule has 1 heterocycles. The second-order valence-electron chi connectivity index (χ2n) is 8.95. The molecule has 0 saturated carbocycles. The molecule has 3 aromatic carbocycles. The first kappa shape index (κ1) is 26.3. The first-order valence-corrected chi connectivity index (χ1v) is 13.6. The molecular formula is C28H28Cl2N4OS. The quantitative estimate of drug-likeness (QED) is 0.215. The fourth-order valence-corrected chi connectivity index (χ4v) is 5.29. The number of carbonyl (C=O) groups excluding carboxylic acids is 1. The lowest BCUT2D eigenvalue weighted by Gasteiger charge is -2.21. The van der Waals surface area contributed by atoms with Crippen LogP contribution in [0.4, 0.5) is 0 Å². The molecule has 36 heavy (non-hydrogen) atoms. The summed E-state index contributed by atoms with van der Waals surface area (Å²) < 4.78 is 1.94. The summed E-state index contributed by atoms with van der Waals surface area (Å²) in [5, 5.41) is 14.0. The summed E-state index contributed by atoms with van der Waals surface area (Å²) in [6.45, 7) is 4.06. The third-order valence-electron chi connectivity index (χ3n) is 5.54. The highest BCUT2D eigenvalue weighted by atomic mass is 35.5. The Kier molecular flexibility index (Phi) is 9.08. The number of benzene rings is 3. The van der Waals surface area contributed by atoms with Gasteiger partial charge in [-0.2, -0.15) is 0 Å². The molecule has 0 radical (unpaired) electrons. The topological polar surface area (TPSA) is 59.8 Å². The van der Waals surface area contributed by atoms with E-state index in [9.17, 15) is 4.79 Å². The molecule has 1 aromatic heterocycles. The molecule has 8 heteroatoms. The summed E-state index contributed by atoms with van der Waals surface area (Å²) in [4.78, 5) is 12.9. The van der Waals surface area contributed by atoms with Crippen molar-refractivity contribution in [2.75, 3.05) is 0 Å². The standard InChI is InChI=1S/C28H28Cl2N4OS/c1-19(2)15-26(35)31-24(16-20-9-5-3-6-10-20)27-32-33-28(36-18-21-11-7-4-8-12-21)34(27)25-14-13-22(29)17-23(25)30/h3-14,17,19,24H,15-16,18H2,1-2H3,(H,31,35). The Labute approximate surface area is 226 Å². The molecule has 0 spiro atoms. The van der Waals surface area contributed by atoms with E-state index in [0.29, 0.717) is 45.3 Å². The average molecular weight is 540 g/mol. The van der Waals surface area contributed by atoms with Crippen LogP contribution in [0.5, 0.6) is 0 Å². The highest BCUT2D eigenvalue weighted by molar-refractivity contribution is 7.98. The van der Waals surface area contributed by atoms with Gasteiger partial charge in [-0.05, 0) is 41.7 Å². The van der Waals surface area contributed by atoms with Crippen LogP contribution in [0.15, 0.2) is 84.0 Å². The van der Waals surface area contributed by atoms with Gasteiger partial charge < -0.3 is 5.32 Å². The van der Waals surface area contributed by atoms with Crippen molar-refractivity contribution in [3.05, 3.63) is 106 Å². The van der Waals surface area contributed by atoms with Crippen molar-refractivity contribution in [3.8, 4) is 5.69 Å². The summed E-state index contributed by atoms with van der Waals surface area (Å²) >= 11 is 14.4. The Morgan fingerprint density at radius 1 is 0.944 bits per heavy atom. The third-order valence-corrected chi connectivity index (χ3v) is 7.08. The maximum atomic E-state index is 12.9. The van der Waals surface area contributed by atoms with Crippen molar-refractivity contribution in [2.24, 2.45) is 5.92 Å². The van der Waals surface area contributed by atoms with E-state index in [0.717, 1.165) is 5.56 Å². The number of hydrogen-bond donors (Lipinski definition) is 1. The summed E-state index contributed by atoms with van der Waals surface area (Å²) in [6, 6.07) is 25.2. The van der Waals surface area contributed by atoms with Crippen LogP contribution in [0, 0.1) is 5.92 Å². The molecule has 0 aliphatic heterocycles. The molecule has 1 atom stereocenters. The Morgan fingerprint density at radius 2 is 1.61 bits per heavy atom. The summed E-state index contributed by atoms with van der Waals surface area (Å²) in [6.07, 6.45) is 0.994. The zero-order chi connectivity index (χ0) is 25.5. The number of nitrogens with zero attached hydrogens (tertiary/aromatic N) is 3. The van der Waals surface area contributed by atoms with Crippen LogP contribution in [0.25, 0.3) is 5.69 Å². The highest BCUT2D eigenvalue weighted by Crippen LogP contribution is 2.33. The van der Waals surface area contributed by atoms with Crippen molar-refractivity contribution in [1.82, 2.24) is 20.1 Å². The van der Waals surface area contributed by atoms with Gasteiger partial charge in [0.25, 0.3) is 0 Å². The molecule has 1 N–H and O–H groups in total. The number of nitrogens with one attached hydrogen (secondary N) is 1. The first-order valence-electron chi connectivity index (χ1n) is 11.8. The van der Waals surface area contributed by atoms with Gasteiger partial charge in [0.2, 0.25) is 5.91 Å². The molecule has 0 aliphatic carbocycles.